The van der Waals surface area contributed by atoms with Crippen molar-refractivity contribution in [3.05, 3.63) is 58.6 Å². The van der Waals surface area contributed by atoms with Gasteiger partial charge in [0.25, 0.3) is 5.91 Å². The molecule has 0 aromatic heterocycles. The molecule has 6 heteroatoms. The molecule has 0 unspecified atom stereocenters. The Morgan fingerprint density at radius 2 is 1.79 bits per heavy atom. The van der Waals surface area contributed by atoms with Gasteiger partial charge < -0.3 is 14.8 Å². The van der Waals surface area contributed by atoms with E-state index in [1.165, 1.54) is 14.0 Å². The molecular formula is C18H18ClNO4. The van der Waals surface area contributed by atoms with Crippen LogP contribution in [-0.4, -0.2) is 25.1 Å². The molecule has 0 radical (unpaired) electrons. The maximum absolute atomic E-state index is 12.2. The number of esters is 1. The Hall–Kier alpha value is -2.53. The highest BCUT2D eigenvalue weighted by molar-refractivity contribution is 6.31. The lowest BCUT2D eigenvalue weighted by Crippen LogP contribution is -2.30. The Morgan fingerprint density at radius 3 is 2.42 bits per heavy atom. The van der Waals surface area contributed by atoms with Crippen LogP contribution >= 0.6 is 11.6 Å². The van der Waals surface area contributed by atoms with Gasteiger partial charge in [-0.05, 0) is 55.8 Å². The molecule has 0 aliphatic carbocycles. The van der Waals surface area contributed by atoms with Crippen LogP contribution in [-0.2, 0) is 9.53 Å². The number of anilines is 1. The summed E-state index contributed by atoms with van der Waals surface area (Å²) < 4.78 is 10.2. The Balaban J connectivity index is 2.00. The van der Waals surface area contributed by atoms with E-state index in [2.05, 4.69) is 5.32 Å². The zero-order valence-corrected chi connectivity index (χ0v) is 14.4. The van der Waals surface area contributed by atoms with Gasteiger partial charge >= 0.3 is 5.97 Å². The molecule has 2 rings (SSSR count). The van der Waals surface area contributed by atoms with E-state index >= 15 is 0 Å². The van der Waals surface area contributed by atoms with Crippen molar-refractivity contribution in [2.75, 3.05) is 12.4 Å². The Kier molecular flexibility index (Phi) is 5.82. The molecule has 0 bridgehead atoms. The summed E-state index contributed by atoms with van der Waals surface area (Å²) in [7, 11) is 1.54. The van der Waals surface area contributed by atoms with Crippen molar-refractivity contribution in [2.45, 2.75) is 20.0 Å². The van der Waals surface area contributed by atoms with Gasteiger partial charge in [-0.15, -0.1) is 0 Å². The van der Waals surface area contributed by atoms with Crippen molar-refractivity contribution >= 4 is 29.2 Å². The second-order valence-electron chi connectivity index (χ2n) is 5.18. The van der Waals surface area contributed by atoms with E-state index in [1.807, 2.05) is 0 Å². The summed E-state index contributed by atoms with van der Waals surface area (Å²) in [5, 5.41) is 3.26. The number of benzene rings is 2. The van der Waals surface area contributed by atoms with Crippen LogP contribution in [0.3, 0.4) is 0 Å². The number of carbonyl (C=O) groups excluding carboxylic acids is 2. The van der Waals surface area contributed by atoms with Gasteiger partial charge in [0.05, 0.1) is 12.7 Å². The first-order chi connectivity index (χ1) is 11.4. The maximum atomic E-state index is 12.2. The van der Waals surface area contributed by atoms with E-state index < -0.39 is 18.0 Å². The minimum absolute atomic E-state index is 0.342. The molecule has 1 atom stereocenters. The smallest absolute Gasteiger partial charge is 0.338 e. The SMILES string of the molecule is COc1ccc(C(=O)O[C@H](C)C(=O)Nc2cccc(Cl)c2C)cc1. The summed E-state index contributed by atoms with van der Waals surface area (Å²) >= 11 is 6.02. The van der Waals surface area contributed by atoms with Crippen LogP contribution < -0.4 is 10.1 Å². The van der Waals surface area contributed by atoms with Crippen molar-refractivity contribution < 1.29 is 19.1 Å². The van der Waals surface area contributed by atoms with Crippen molar-refractivity contribution in [1.29, 1.82) is 0 Å². The van der Waals surface area contributed by atoms with E-state index in [9.17, 15) is 9.59 Å². The summed E-state index contributed by atoms with van der Waals surface area (Å²) in [5.74, 6) is -0.376. The van der Waals surface area contributed by atoms with Crippen molar-refractivity contribution in [3.63, 3.8) is 0 Å². The van der Waals surface area contributed by atoms with Crippen LogP contribution in [0.2, 0.25) is 5.02 Å². The molecule has 0 fully saturated rings. The molecule has 24 heavy (non-hydrogen) atoms. The second kappa shape index (κ2) is 7.84. The van der Waals surface area contributed by atoms with Gasteiger partial charge in [-0.2, -0.15) is 0 Å². The van der Waals surface area contributed by atoms with E-state index in [1.54, 1.807) is 49.4 Å². The van der Waals surface area contributed by atoms with Crippen LogP contribution in [0.4, 0.5) is 5.69 Å². The topological polar surface area (TPSA) is 64.6 Å². The molecule has 0 aliphatic rings. The third-order valence-corrected chi connectivity index (χ3v) is 3.91. The average Bonchev–Trinajstić information content (AvgIpc) is 2.58. The minimum Gasteiger partial charge on any atom is -0.497 e. The highest BCUT2D eigenvalue weighted by atomic mass is 35.5. The van der Waals surface area contributed by atoms with Crippen molar-refractivity contribution in [3.8, 4) is 5.75 Å². The summed E-state index contributed by atoms with van der Waals surface area (Å²) in [6, 6.07) is 11.7. The largest absolute Gasteiger partial charge is 0.497 e. The number of carbonyl (C=O) groups is 2. The first-order valence-corrected chi connectivity index (χ1v) is 7.71. The third-order valence-electron chi connectivity index (χ3n) is 3.50. The van der Waals surface area contributed by atoms with Crippen LogP contribution in [0.5, 0.6) is 5.75 Å². The number of methoxy groups -OCH3 is 1. The zero-order chi connectivity index (χ0) is 17.7. The molecule has 0 saturated heterocycles. The molecule has 0 aliphatic heterocycles. The summed E-state index contributed by atoms with van der Waals surface area (Å²) in [4.78, 5) is 24.3. The van der Waals surface area contributed by atoms with E-state index in [0.29, 0.717) is 22.0 Å². The quantitative estimate of drug-likeness (QED) is 0.834. The lowest BCUT2D eigenvalue weighted by molar-refractivity contribution is -0.123. The summed E-state index contributed by atoms with van der Waals surface area (Å²) in [6.45, 7) is 3.31. The van der Waals surface area contributed by atoms with Crippen LogP contribution in [0.25, 0.3) is 0 Å². The zero-order valence-electron chi connectivity index (χ0n) is 13.6. The minimum atomic E-state index is -0.946. The summed E-state index contributed by atoms with van der Waals surface area (Å²) in [5.41, 5.74) is 1.68. The van der Waals surface area contributed by atoms with E-state index in [4.69, 9.17) is 21.1 Å². The van der Waals surface area contributed by atoms with E-state index in [0.717, 1.165) is 5.56 Å². The highest BCUT2D eigenvalue weighted by Crippen LogP contribution is 2.23. The molecule has 0 heterocycles. The Labute approximate surface area is 145 Å². The number of hydrogen-bond donors (Lipinski definition) is 1. The monoisotopic (exact) mass is 347 g/mol. The van der Waals surface area contributed by atoms with Gasteiger partial charge in [-0.25, -0.2) is 4.79 Å². The number of ether oxygens (including phenoxy) is 2. The fourth-order valence-electron chi connectivity index (χ4n) is 1.99. The lowest BCUT2D eigenvalue weighted by atomic mass is 10.2. The number of halogens is 1. The number of rotatable bonds is 5. The predicted octanol–water partition coefficient (Wildman–Crippen LogP) is 3.84. The first kappa shape index (κ1) is 17.8. The molecule has 126 valence electrons. The molecule has 2 aromatic rings. The number of amides is 1. The molecular weight excluding hydrogens is 330 g/mol. The van der Waals surface area contributed by atoms with Crippen LogP contribution in [0, 0.1) is 6.92 Å². The Bertz CT molecular complexity index is 743. The lowest BCUT2D eigenvalue weighted by Gasteiger charge is -2.15. The van der Waals surface area contributed by atoms with Crippen LogP contribution in [0.1, 0.15) is 22.8 Å². The number of hydrogen-bond acceptors (Lipinski definition) is 4. The maximum Gasteiger partial charge on any atom is 0.338 e. The van der Waals surface area contributed by atoms with Crippen molar-refractivity contribution in [1.82, 2.24) is 0 Å². The van der Waals surface area contributed by atoms with Gasteiger partial charge in [0.1, 0.15) is 5.75 Å². The van der Waals surface area contributed by atoms with Gasteiger partial charge in [0, 0.05) is 10.7 Å². The highest BCUT2D eigenvalue weighted by Gasteiger charge is 2.20. The molecule has 5 nitrogen and oxygen atoms in total. The molecule has 2 aromatic carbocycles. The first-order valence-electron chi connectivity index (χ1n) is 7.33. The average molecular weight is 348 g/mol. The van der Waals surface area contributed by atoms with Gasteiger partial charge in [0.15, 0.2) is 6.10 Å². The second-order valence-corrected chi connectivity index (χ2v) is 5.58. The Morgan fingerprint density at radius 1 is 1.12 bits per heavy atom. The fourth-order valence-corrected chi connectivity index (χ4v) is 2.16. The molecule has 1 N–H and O–H groups in total. The number of nitrogens with one attached hydrogen (secondary N) is 1. The third kappa shape index (κ3) is 4.26. The van der Waals surface area contributed by atoms with Crippen LogP contribution in [0.15, 0.2) is 42.5 Å². The van der Waals surface area contributed by atoms with Crippen molar-refractivity contribution in [2.24, 2.45) is 0 Å². The molecule has 0 spiro atoms. The van der Waals surface area contributed by atoms with E-state index in [-0.39, 0.29) is 0 Å². The normalized spacial score (nSPS) is 11.5. The van der Waals surface area contributed by atoms with Gasteiger partial charge in [-0.3, -0.25) is 4.79 Å². The van der Waals surface area contributed by atoms with Gasteiger partial charge in [-0.1, -0.05) is 17.7 Å². The molecule has 1 amide bonds. The molecule has 0 saturated carbocycles. The fraction of sp³-hybridized carbons (Fsp3) is 0.222. The predicted molar refractivity (Wildman–Crippen MR) is 92.7 cm³/mol. The van der Waals surface area contributed by atoms with Gasteiger partial charge in [0.2, 0.25) is 0 Å². The summed E-state index contributed by atoms with van der Waals surface area (Å²) in [6.07, 6.45) is -0.946. The standard InChI is InChI=1S/C18H18ClNO4/c1-11-15(19)5-4-6-16(11)20-17(21)12(2)24-18(22)13-7-9-14(23-3)10-8-13/h4-10,12H,1-3H3,(H,20,21)/t12-/m1/s1.